The van der Waals surface area contributed by atoms with Crippen LogP contribution in [0.3, 0.4) is 0 Å². The Kier molecular flexibility index (Phi) is 3.78. The average Bonchev–Trinajstić information content (AvgIpc) is 2.68. The van der Waals surface area contributed by atoms with E-state index in [-0.39, 0.29) is 16.4 Å². The third-order valence-electron chi connectivity index (χ3n) is 3.45. The highest BCUT2D eigenvalue weighted by atomic mass is 32.2. The minimum atomic E-state index is -3.52. The highest BCUT2D eigenvalue weighted by Crippen LogP contribution is 2.37. The van der Waals surface area contributed by atoms with Crippen LogP contribution in [0.4, 0.5) is 5.95 Å². The van der Waals surface area contributed by atoms with Gasteiger partial charge >= 0.3 is 0 Å². The second kappa shape index (κ2) is 5.05. The van der Waals surface area contributed by atoms with Crippen molar-refractivity contribution in [2.24, 2.45) is 5.41 Å². The second-order valence-corrected chi connectivity index (χ2v) is 7.43. The zero-order valence-electron chi connectivity index (χ0n) is 11.5. The zero-order chi connectivity index (χ0) is 14.1. The lowest BCUT2D eigenvalue weighted by molar-refractivity contribution is 0.372. The molecule has 2 rings (SSSR count). The first kappa shape index (κ1) is 14.2. The number of aromatic nitrogens is 2. The van der Waals surface area contributed by atoms with Gasteiger partial charge in [0.2, 0.25) is 16.0 Å². The molecule has 6 nitrogen and oxygen atoms in total. The van der Waals surface area contributed by atoms with E-state index in [1.165, 1.54) is 12.4 Å². The van der Waals surface area contributed by atoms with E-state index in [9.17, 15) is 8.42 Å². The van der Waals surface area contributed by atoms with Gasteiger partial charge in [-0.1, -0.05) is 13.8 Å². The molecule has 2 N–H and O–H groups in total. The van der Waals surface area contributed by atoms with Crippen LogP contribution in [0.2, 0.25) is 0 Å². The van der Waals surface area contributed by atoms with Gasteiger partial charge in [-0.3, -0.25) is 0 Å². The predicted octanol–water partition coefficient (Wildman–Crippen LogP) is 1.38. The fourth-order valence-electron chi connectivity index (χ4n) is 2.41. The van der Waals surface area contributed by atoms with Gasteiger partial charge in [0.1, 0.15) is 4.90 Å². The fourth-order valence-corrected chi connectivity index (χ4v) is 3.57. The number of anilines is 1. The minimum absolute atomic E-state index is 0.00368. The monoisotopic (exact) mass is 284 g/mol. The van der Waals surface area contributed by atoms with Crippen LogP contribution in [0.1, 0.15) is 33.1 Å². The lowest BCUT2D eigenvalue weighted by Gasteiger charge is -2.17. The Morgan fingerprint density at radius 3 is 2.42 bits per heavy atom. The number of hydrogen-bond donors (Lipinski definition) is 2. The van der Waals surface area contributed by atoms with E-state index in [2.05, 4.69) is 33.9 Å². The van der Waals surface area contributed by atoms with Gasteiger partial charge in [-0.15, -0.1) is 0 Å². The van der Waals surface area contributed by atoms with Crippen molar-refractivity contribution in [2.45, 2.75) is 44.0 Å². The van der Waals surface area contributed by atoms with E-state index in [4.69, 9.17) is 0 Å². The van der Waals surface area contributed by atoms with Gasteiger partial charge < -0.3 is 5.32 Å². The summed E-state index contributed by atoms with van der Waals surface area (Å²) < 4.78 is 27.1. The van der Waals surface area contributed by atoms with E-state index < -0.39 is 10.0 Å². The summed E-state index contributed by atoms with van der Waals surface area (Å²) in [4.78, 5) is 7.96. The lowest BCUT2D eigenvalue weighted by atomic mass is 9.92. The van der Waals surface area contributed by atoms with Gasteiger partial charge in [-0.2, -0.15) is 0 Å². The van der Waals surface area contributed by atoms with Crippen molar-refractivity contribution >= 4 is 16.0 Å². The summed E-state index contributed by atoms with van der Waals surface area (Å²) in [7, 11) is -1.84. The summed E-state index contributed by atoms with van der Waals surface area (Å²) in [5, 5.41) is 2.75. The maximum Gasteiger partial charge on any atom is 0.243 e. The smallest absolute Gasteiger partial charge is 0.243 e. The Morgan fingerprint density at radius 2 is 1.95 bits per heavy atom. The van der Waals surface area contributed by atoms with Crippen LogP contribution in [0.25, 0.3) is 0 Å². The third-order valence-corrected chi connectivity index (χ3v) is 4.93. The minimum Gasteiger partial charge on any atom is -0.357 e. The van der Waals surface area contributed by atoms with E-state index >= 15 is 0 Å². The molecule has 106 valence electrons. The molecule has 1 saturated carbocycles. The van der Waals surface area contributed by atoms with Crippen LogP contribution in [-0.2, 0) is 10.0 Å². The van der Waals surface area contributed by atoms with Gasteiger partial charge in [0, 0.05) is 13.1 Å². The first-order valence-corrected chi connectivity index (χ1v) is 7.83. The molecule has 0 bridgehead atoms. The lowest BCUT2D eigenvalue weighted by Crippen LogP contribution is -2.33. The molecule has 1 aliphatic rings. The molecule has 0 aromatic carbocycles. The molecule has 1 fully saturated rings. The van der Waals surface area contributed by atoms with Gasteiger partial charge in [0.05, 0.1) is 12.4 Å². The molecule has 0 radical (unpaired) electrons. The normalized spacial score (nSPS) is 22.4. The van der Waals surface area contributed by atoms with Crippen LogP contribution >= 0.6 is 0 Å². The van der Waals surface area contributed by atoms with Crippen LogP contribution in [0.15, 0.2) is 17.3 Å². The van der Waals surface area contributed by atoms with Crippen molar-refractivity contribution in [3.8, 4) is 0 Å². The first-order valence-electron chi connectivity index (χ1n) is 6.34. The van der Waals surface area contributed by atoms with Crippen molar-refractivity contribution in [3.05, 3.63) is 12.4 Å². The first-order chi connectivity index (χ1) is 8.82. The molecule has 0 spiro atoms. The maximum atomic E-state index is 12.2. The molecule has 1 heterocycles. The average molecular weight is 284 g/mol. The van der Waals surface area contributed by atoms with Crippen LogP contribution in [0, 0.1) is 5.41 Å². The van der Waals surface area contributed by atoms with Crippen molar-refractivity contribution in [1.29, 1.82) is 0 Å². The van der Waals surface area contributed by atoms with Gasteiger partial charge in [-0.05, 0) is 24.7 Å². The molecule has 0 saturated heterocycles. The van der Waals surface area contributed by atoms with Crippen LogP contribution in [0.5, 0.6) is 0 Å². The highest BCUT2D eigenvalue weighted by Gasteiger charge is 2.33. The summed E-state index contributed by atoms with van der Waals surface area (Å²) in [6.45, 7) is 4.32. The Bertz CT molecular complexity index is 539. The molecule has 0 aliphatic heterocycles. The molecule has 1 aromatic heterocycles. The number of nitrogens with one attached hydrogen (secondary N) is 2. The Balaban J connectivity index is 2.10. The second-order valence-electron chi connectivity index (χ2n) is 5.72. The number of sulfonamides is 1. The molecule has 1 aliphatic carbocycles. The van der Waals surface area contributed by atoms with E-state index in [1.54, 1.807) is 7.05 Å². The van der Waals surface area contributed by atoms with Crippen molar-refractivity contribution in [3.63, 3.8) is 0 Å². The quantitative estimate of drug-likeness (QED) is 0.872. The zero-order valence-corrected chi connectivity index (χ0v) is 12.3. The highest BCUT2D eigenvalue weighted by molar-refractivity contribution is 7.89. The molecule has 1 aromatic rings. The number of rotatable bonds is 4. The fraction of sp³-hybridized carbons (Fsp3) is 0.667. The van der Waals surface area contributed by atoms with Crippen LogP contribution in [-0.4, -0.2) is 31.5 Å². The standard InChI is InChI=1S/C12H20N4O2S/c1-12(2)5-4-9(6-12)16-19(17,18)10-7-14-11(13-3)15-8-10/h7-9,16H,4-6H2,1-3H3,(H,13,14,15). The molecule has 0 amide bonds. The molecular formula is C12H20N4O2S. The Labute approximate surface area is 114 Å². The summed E-state index contributed by atoms with van der Waals surface area (Å²) >= 11 is 0. The topological polar surface area (TPSA) is 84.0 Å². The largest absolute Gasteiger partial charge is 0.357 e. The summed E-state index contributed by atoms with van der Waals surface area (Å²) in [5.41, 5.74) is 0.208. The van der Waals surface area contributed by atoms with Gasteiger partial charge in [0.15, 0.2) is 0 Å². The molecule has 1 atom stereocenters. The number of nitrogens with zero attached hydrogens (tertiary/aromatic N) is 2. The SMILES string of the molecule is CNc1ncc(S(=O)(=O)NC2CCC(C)(C)C2)cn1. The summed E-state index contributed by atoms with van der Waals surface area (Å²) in [6.07, 6.45) is 5.42. The van der Waals surface area contributed by atoms with Crippen LogP contribution < -0.4 is 10.0 Å². The summed E-state index contributed by atoms with van der Waals surface area (Å²) in [6, 6.07) is 0.00368. The molecular weight excluding hydrogens is 264 g/mol. The summed E-state index contributed by atoms with van der Waals surface area (Å²) in [5.74, 6) is 0.404. The molecule has 1 unspecified atom stereocenters. The molecule has 7 heteroatoms. The van der Waals surface area contributed by atoms with Gasteiger partial charge in [-0.25, -0.2) is 23.1 Å². The Morgan fingerprint density at radius 1 is 1.32 bits per heavy atom. The van der Waals surface area contributed by atoms with E-state index in [0.717, 1.165) is 19.3 Å². The van der Waals surface area contributed by atoms with E-state index in [1.807, 2.05) is 0 Å². The van der Waals surface area contributed by atoms with Crippen molar-refractivity contribution in [1.82, 2.24) is 14.7 Å². The predicted molar refractivity (Wildman–Crippen MR) is 73.3 cm³/mol. The Hall–Kier alpha value is -1.21. The number of hydrogen-bond acceptors (Lipinski definition) is 5. The maximum absolute atomic E-state index is 12.2. The van der Waals surface area contributed by atoms with Crippen molar-refractivity contribution in [2.75, 3.05) is 12.4 Å². The molecule has 19 heavy (non-hydrogen) atoms. The van der Waals surface area contributed by atoms with E-state index in [0.29, 0.717) is 5.95 Å². The van der Waals surface area contributed by atoms with Gasteiger partial charge in [0.25, 0.3) is 0 Å². The van der Waals surface area contributed by atoms with Crippen molar-refractivity contribution < 1.29 is 8.42 Å². The third kappa shape index (κ3) is 3.42.